The van der Waals surface area contributed by atoms with E-state index >= 15 is 0 Å². The van der Waals surface area contributed by atoms with Crippen molar-refractivity contribution in [3.8, 4) is 17.0 Å². The van der Waals surface area contributed by atoms with Crippen molar-refractivity contribution in [1.82, 2.24) is 9.97 Å². The van der Waals surface area contributed by atoms with E-state index in [1.807, 2.05) is 18.2 Å². The molecule has 0 amide bonds. The Hall–Kier alpha value is -3.12. The monoisotopic (exact) mass is 388 g/mol. The molecule has 1 fully saturated rings. The second-order valence-electron chi connectivity index (χ2n) is 7.24. The number of fused-ring (bicyclic) bond motifs is 1. The molecule has 2 aliphatic heterocycles. The Morgan fingerprint density at radius 2 is 1.76 bits per heavy atom. The average molecular weight is 388 g/mol. The molecule has 29 heavy (non-hydrogen) atoms. The van der Waals surface area contributed by atoms with E-state index < -0.39 is 0 Å². The Kier molecular flexibility index (Phi) is 4.77. The molecular formula is C23H24N4O2. The first-order chi connectivity index (χ1) is 14.3. The van der Waals surface area contributed by atoms with Crippen LogP contribution >= 0.6 is 0 Å². The number of ether oxygens (including phenoxy) is 2. The van der Waals surface area contributed by atoms with E-state index in [-0.39, 0.29) is 0 Å². The molecular weight excluding hydrogens is 364 g/mol. The van der Waals surface area contributed by atoms with Gasteiger partial charge >= 0.3 is 0 Å². The first kappa shape index (κ1) is 17.9. The summed E-state index contributed by atoms with van der Waals surface area (Å²) in [7, 11) is 1.69. The lowest BCUT2D eigenvalue weighted by Crippen LogP contribution is -2.37. The van der Waals surface area contributed by atoms with E-state index in [1.165, 1.54) is 5.56 Å². The van der Waals surface area contributed by atoms with Gasteiger partial charge in [0.15, 0.2) is 0 Å². The van der Waals surface area contributed by atoms with Gasteiger partial charge in [-0.1, -0.05) is 30.3 Å². The fraction of sp³-hybridized carbons (Fsp3) is 0.304. The lowest BCUT2D eigenvalue weighted by molar-refractivity contribution is 0.122. The average Bonchev–Trinajstić information content (AvgIpc) is 3.24. The molecule has 2 aliphatic rings. The number of hydrogen-bond donors (Lipinski definition) is 0. The zero-order valence-electron chi connectivity index (χ0n) is 16.5. The normalized spacial score (nSPS) is 16.0. The lowest BCUT2D eigenvalue weighted by Gasteiger charge is -2.28. The molecule has 3 aromatic rings. The number of anilines is 3. The van der Waals surface area contributed by atoms with Crippen LogP contribution in [0.3, 0.4) is 0 Å². The maximum Gasteiger partial charge on any atom is 0.228 e. The van der Waals surface area contributed by atoms with Gasteiger partial charge in [-0.3, -0.25) is 0 Å². The first-order valence-electron chi connectivity index (χ1n) is 10.0. The summed E-state index contributed by atoms with van der Waals surface area (Å²) in [5.41, 5.74) is 4.41. The fourth-order valence-electron chi connectivity index (χ4n) is 4.02. The Morgan fingerprint density at radius 1 is 0.931 bits per heavy atom. The molecule has 5 rings (SSSR count). The van der Waals surface area contributed by atoms with Gasteiger partial charge in [0.1, 0.15) is 11.6 Å². The fourth-order valence-corrected chi connectivity index (χ4v) is 4.02. The Morgan fingerprint density at radius 3 is 2.55 bits per heavy atom. The lowest BCUT2D eigenvalue weighted by atomic mass is 10.1. The van der Waals surface area contributed by atoms with Crippen LogP contribution in [0.1, 0.15) is 5.56 Å². The van der Waals surface area contributed by atoms with Crippen LogP contribution in [0.4, 0.5) is 17.5 Å². The highest BCUT2D eigenvalue weighted by molar-refractivity contribution is 5.77. The van der Waals surface area contributed by atoms with E-state index in [2.05, 4.69) is 46.2 Å². The van der Waals surface area contributed by atoms with Crippen LogP contribution in [-0.2, 0) is 11.2 Å². The number of benzene rings is 2. The van der Waals surface area contributed by atoms with Crippen LogP contribution in [-0.4, -0.2) is 49.9 Å². The molecule has 1 saturated heterocycles. The number of para-hydroxylation sites is 1. The van der Waals surface area contributed by atoms with Crippen molar-refractivity contribution in [2.45, 2.75) is 6.42 Å². The molecule has 0 atom stereocenters. The molecule has 0 bridgehead atoms. The van der Waals surface area contributed by atoms with Crippen LogP contribution in [0.5, 0.6) is 5.75 Å². The van der Waals surface area contributed by atoms with Crippen LogP contribution in [0.25, 0.3) is 11.3 Å². The number of rotatable bonds is 4. The number of methoxy groups -OCH3 is 1. The van der Waals surface area contributed by atoms with Crippen molar-refractivity contribution in [2.75, 3.05) is 49.8 Å². The summed E-state index contributed by atoms with van der Waals surface area (Å²) < 4.78 is 11.0. The van der Waals surface area contributed by atoms with Crippen molar-refractivity contribution in [2.24, 2.45) is 0 Å². The molecule has 148 valence electrons. The van der Waals surface area contributed by atoms with Crippen LogP contribution < -0.4 is 14.5 Å². The predicted molar refractivity (Wildman–Crippen MR) is 114 cm³/mol. The van der Waals surface area contributed by atoms with E-state index in [0.29, 0.717) is 13.2 Å². The molecule has 0 saturated carbocycles. The summed E-state index contributed by atoms with van der Waals surface area (Å²) in [6.07, 6.45) is 0.917. The van der Waals surface area contributed by atoms with Gasteiger partial charge in [0.05, 0.1) is 26.0 Å². The molecule has 3 heterocycles. The highest BCUT2D eigenvalue weighted by atomic mass is 16.5. The standard InChI is InChI=1S/C23H24N4O2/c1-28-19-9-5-6-17(16-19)21-20-10-11-27(18-7-3-2-4-8-18)22(20)25-23(24-21)26-12-14-29-15-13-26/h2-9,16H,10-15H2,1H3. The molecule has 0 radical (unpaired) electrons. The molecule has 0 unspecified atom stereocenters. The summed E-state index contributed by atoms with van der Waals surface area (Å²) in [5, 5.41) is 0. The number of morpholine rings is 1. The minimum absolute atomic E-state index is 0.706. The predicted octanol–water partition coefficient (Wildman–Crippen LogP) is 3.68. The van der Waals surface area contributed by atoms with E-state index in [1.54, 1.807) is 7.11 Å². The Bertz CT molecular complexity index is 1000. The van der Waals surface area contributed by atoms with Gasteiger partial charge < -0.3 is 19.3 Å². The van der Waals surface area contributed by atoms with E-state index in [0.717, 1.165) is 60.5 Å². The van der Waals surface area contributed by atoms with Gasteiger partial charge in [-0.05, 0) is 30.7 Å². The van der Waals surface area contributed by atoms with Crippen LogP contribution in [0, 0.1) is 0 Å². The third kappa shape index (κ3) is 3.40. The molecule has 0 spiro atoms. The largest absolute Gasteiger partial charge is 0.497 e. The van der Waals surface area contributed by atoms with Crippen molar-refractivity contribution in [3.05, 3.63) is 60.2 Å². The SMILES string of the molecule is COc1cccc(-c2nc(N3CCOCC3)nc3c2CCN3c2ccccc2)c1. The molecule has 6 nitrogen and oxygen atoms in total. The Balaban J connectivity index is 1.65. The third-order valence-electron chi connectivity index (χ3n) is 5.52. The summed E-state index contributed by atoms with van der Waals surface area (Å²) in [4.78, 5) is 14.5. The van der Waals surface area contributed by atoms with Gasteiger partial charge in [-0.25, -0.2) is 4.98 Å². The van der Waals surface area contributed by atoms with Crippen molar-refractivity contribution in [3.63, 3.8) is 0 Å². The molecule has 1 aromatic heterocycles. The molecule has 6 heteroatoms. The number of aromatic nitrogens is 2. The van der Waals surface area contributed by atoms with E-state index in [9.17, 15) is 0 Å². The van der Waals surface area contributed by atoms with Gasteiger partial charge in [0, 0.05) is 36.4 Å². The first-order valence-corrected chi connectivity index (χ1v) is 10.0. The summed E-state index contributed by atoms with van der Waals surface area (Å²) in [5.74, 6) is 2.61. The molecule has 2 aromatic carbocycles. The topological polar surface area (TPSA) is 50.7 Å². The van der Waals surface area contributed by atoms with Crippen molar-refractivity contribution < 1.29 is 9.47 Å². The third-order valence-corrected chi connectivity index (χ3v) is 5.52. The zero-order valence-corrected chi connectivity index (χ0v) is 16.5. The molecule has 0 aliphatic carbocycles. The zero-order chi connectivity index (χ0) is 19.6. The van der Waals surface area contributed by atoms with Crippen molar-refractivity contribution >= 4 is 17.5 Å². The molecule has 0 N–H and O–H groups in total. The Labute approximate surface area is 170 Å². The quantitative estimate of drug-likeness (QED) is 0.680. The van der Waals surface area contributed by atoms with Crippen LogP contribution in [0.15, 0.2) is 54.6 Å². The number of nitrogens with zero attached hydrogens (tertiary/aromatic N) is 4. The van der Waals surface area contributed by atoms with E-state index in [4.69, 9.17) is 19.4 Å². The van der Waals surface area contributed by atoms with Gasteiger partial charge in [0.25, 0.3) is 0 Å². The summed E-state index contributed by atoms with van der Waals surface area (Å²) in [6, 6.07) is 18.6. The second kappa shape index (κ2) is 7.72. The van der Waals surface area contributed by atoms with Gasteiger partial charge in [-0.2, -0.15) is 4.98 Å². The highest BCUT2D eigenvalue weighted by Gasteiger charge is 2.29. The minimum atomic E-state index is 0.706. The van der Waals surface area contributed by atoms with Gasteiger partial charge in [0.2, 0.25) is 5.95 Å². The van der Waals surface area contributed by atoms with Crippen LogP contribution in [0.2, 0.25) is 0 Å². The maximum absolute atomic E-state index is 5.53. The smallest absolute Gasteiger partial charge is 0.228 e. The van der Waals surface area contributed by atoms with Crippen molar-refractivity contribution in [1.29, 1.82) is 0 Å². The second-order valence-corrected chi connectivity index (χ2v) is 7.24. The summed E-state index contributed by atoms with van der Waals surface area (Å²) in [6.45, 7) is 3.93. The number of hydrogen-bond acceptors (Lipinski definition) is 6. The maximum atomic E-state index is 5.53. The minimum Gasteiger partial charge on any atom is -0.497 e. The van der Waals surface area contributed by atoms with Gasteiger partial charge in [-0.15, -0.1) is 0 Å². The highest BCUT2D eigenvalue weighted by Crippen LogP contribution is 2.39. The summed E-state index contributed by atoms with van der Waals surface area (Å²) >= 11 is 0.